The van der Waals surface area contributed by atoms with Gasteiger partial charge in [-0.3, -0.25) is 9.48 Å². The molecule has 2 N–H and O–H groups in total. The molecule has 2 aromatic rings. The molecule has 3 aliphatic heterocycles. The second-order valence-corrected chi connectivity index (χ2v) is 10.9. The minimum absolute atomic E-state index is 0.231. The summed E-state index contributed by atoms with van der Waals surface area (Å²) in [5.74, 6) is 1.31. The molecule has 0 spiro atoms. The summed E-state index contributed by atoms with van der Waals surface area (Å²) < 4.78 is 2.13. The van der Waals surface area contributed by atoms with Crippen molar-refractivity contribution in [3.05, 3.63) is 23.1 Å². The minimum atomic E-state index is 0.231. The Labute approximate surface area is 218 Å². The molecule has 2 atom stereocenters. The van der Waals surface area contributed by atoms with Crippen molar-refractivity contribution >= 4 is 35.0 Å². The lowest BCUT2D eigenvalue weighted by molar-refractivity contribution is -0.130. The monoisotopic (exact) mass is 515 g/mol. The molecule has 0 saturated carbocycles. The highest BCUT2D eigenvalue weighted by atomic mass is 35.5. The Morgan fingerprint density at radius 1 is 1.11 bits per heavy atom. The summed E-state index contributed by atoms with van der Waals surface area (Å²) in [7, 11) is 4.32. The van der Waals surface area contributed by atoms with Crippen LogP contribution in [0.4, 0.5) is 17.5 Å². The fraction of sp³-hybridized carbons (Fsp3) is 0.680. The van der Waals surface area contributed by atoms with Crippen LogP contribution in [0.5, 0.6) is 0 Å². The zero-order valence-electron chi connectivity index (χ0n) is 21.6. The quantitative estimate of drug-likeness (QED) is 0.518. The summed E-state index contributed by atoms with van der Waals surface area (Å²) in [6, 6.07) is 1.77. The second-order valence-electron chi connectivity index (χ2n) is 10.5. The smallest absolute Gasteiger partial charge is 0.229 e. The number of carbonyl (C=O) groups excluding carboxylic acids is 1. The van der Waals surface area contributed by atoms with Gasteiger partial charge in [0.15, 0.2) is 0 Å². The molecular weight excluding hydrogens is 478 g/mol. The highest BCUT2D eigenvalue weighted by Gasteiger charge is 2.39. The van der Waals surface area contributed by atoms with Crippen molar-refractivity contribution < 1.29 is 4.79 Å². The van der Waals surface area contributed by atoms with Gasteiger partial charge < -0.3 is 25.3 Å². The zero-order chi connectivity index (χ0) is 25.2. The molecule has 11 heteroatoms. The first-order valence-electron chi connectivity index (χ1n) is 13.1. The number of aromatic nitrogens is 4. The number of aryl methyl sites for hydroxylation is 1. The summed E-state index contributed by atoms with van der Waals surface area (Å²) >= 11 is 6.36. The molecule has 3 saturated heterocycles. The third-order valence-electron chi connectivity index (χ3n) is 8.06. The number of fused-ring (bicyclic) bond motifs is 2. The molecular formula is C25H38ClN9O. The first-order chi connectivity index (χ1) is 17.4. The van der Waals surface area contributed by atoms with Crippen LogP contribution in [0.15, 0.2) is 12.4 Å². The van der Waals surface area contributed by atoms with Gasteiger partial charge in [0.1, 0.15) is 10.8 Å². The number of piperidine rings is 1. The molecule has 0 aliphatic carbocycles. The Kier molecular flexibility index (Phi) is 7.64. The third kappa shape index (κ3) is 5.60. The normalized spacial score (nSPS) is 25.3. The van der Waals surface area contributed by atoms with Crippen molar-refractivity contribution in [1.29, 1.82) is 0 Å². The van der Waals surface area contributed by atoms with Gasteiger partial charge in [-0.05, 0) is 53.1 Å². The van der Waals surface area contributed by atoms with Crippen molar-refractivity contribution in [3.8, 4) is 0 Å². The lowest BCUT2D eigenvalue weighted by Crippen LogP contribution is -2.40. The predicted octanol–water partition coefficient (Wildman–Crippen LogP) is 3.14. The number of hydrogen-bond donors (Lipinski definition) is 2. The Hall–Kier alpha value is -2.43. The molecule has 10 nitrogen and oxygen atoms in total. The Bertz CT molecular complexity index is 1060. The Morgan fingerprint density at radius 3 is 2.67 bits per heavy atom. The zero-order valence-corrected chi connectivity index (χ0v) is 22.3. The number of nitrogens with one attached hydrogen (secondary N) is 2. The molecule has 0 radical (unpaired) electrons. The second kappa shape index (κ2) is 10.9. The minimum Gasteiger partial charge on any atom is -0.369 e. The van der Waals surface area contributed by atoms with Gasteiger partial charge in [-0.2, -0.15) is 10.1 Å². The van der Waals surface area contributed by atoms with E-state index >= 15 is 0 Å². The number of halogens is 1. The van der Waals surface area contributed by atoms with E-state index in [1.165, 1.54) is 12.8 Å². The highest BCUT2D eigenvalue weighted by Crippen LogP contribution is 2.40. The Balaban J connectivity index is 1.16. The van der Waals surface area contributed by atoms with Gasteiger partial charge >= 0.3 is 0 Å². The van der Waals surface area contributed by atoms with E-state index < -0.39 is 0 Å². The maximum atomic E-state index is 12.3. The van der Waals surface area contributed by atoms with E-state index in [-0.39, 0.29) is 5.91 Å². The molecule has 2 unspecified atom stereocenters. The number of carbonyl (C=O) groups is 1. The fourth-order valence-corrected chi connectivity index (χ4v) is 5.91. The summed E-state index contributed by atoms with van der Waals surface area (Å²) in [5, 5.41) is 11.9. The fourth-order valence-electron chi connectivity index (χ4n) is 5.75. The summed E-state index contributed by atoms with van der Waals surface area (Å²) in [6.45, 7) is 5.94. The van der Waals surface area contributed by atoms with E-state index in [0.29, 0.717) is 47.9 Å². The van der Waals surface area contributed by atoms with Crippen molar-refractivity contribution in [2.75, 3.05) is 57.5 Å². The SMILES string of the molecule is Cc1nn(C2CC3CCC(C2)N3C)cc1Nc1ncc(Cl)c(NCCCN2CCN(C)CCC2=O)n1. The van der Waals surface area contributed by atoms with E-state index in [0.717, 1.165) is 56.8 Å². The van der Waals surface area contributed by atoms with E-state index in [9.17, 15) is 4.79 Å². The van der Waals surface area contributed by atoms with Crippen LogP contribution in [0.2, 0.25) is 5.02 Å². The molecule has 196 valence electrons. The van der Waals surface area contributed by atoms with Crippen molar-refractivity contribution in [2.24, 2.45) is 0 Å². The van der Waals surface area contributed by atoms with Crippen LogP contribution in [0.3, 0.4) is 0 Å². The molecule has 5 rings (SSSR count). The number of anilines is 3. The number of hydrogen-bond acceptors (Lipinski definition) is 8. The third-order valence-corrected chi connectivity index (χ3v) is 8.34. The number of amides is 1. The van der Waals surface area contributed by atoms with E-state index in [4.69, 9.17) is 16.7 Å². The number of rotatable bonds is 8. The maximum Gasteiger partial charge on any atom is 0.229 e. The van der Waals surface area contributed by atoms with Gasteiger partial charge in [-0.1, -0.05) is 11.6 Å². The lowest BCUT2D eigenvalue weighted by atomic mass is 9.98. The van der Waals surface area contributed by atoms with Crippen LogP contribution in [-0.4, -0.2) is 99.3 Å². The van der Waals surface area contributed by atoms with Crippen LogP contribution in [0.1, 0.15) is 50.3 Å². The van der Waals surface area contributed by atoms with Gasteiger partial charge in [0, 0.05) is 57.4 Å². The molecule has 0 aromatic carbocycles. The summed E-state index contributed by atoms with van der Waals surface area (Å²) in [4.78, 5) is 28.0. The van der Waals surface area contributed by atoms with Gasteiger partial charge in [0.2, 0.25) is 11.9 Å². The number of nitrogens with zero attached hydrogens (tertiary/aromatic N) is 7. The topological polar surface area (TPSA) is 94.5 Å². The summed E-state index contributed by atoms with van der Waals surface area (Å²) in [5.41, 5.74) is 1.85. The summed E-state index contributed by atoms with van der Waals surface area (Å²) in [6.07, 6.45) is 10.0. The average Bonchev–Trinajstić information content (AvgIpc) is 3.23. The van der Waals surface area contributed by atoms with E-state index in [1.54, 1.807) is 6.20 Å². The first-order valence-corrected chi connectivity index (χ1v) is 13.5. The van der Waals surface area contributed by atoms with E-state index in [1.807, 2.05) is 11.8 Å². The number of likely N-dealkylation sites (N-methyl/N-ethyl adjacent to an activating group) is 1. The molecule has 3 fully saturated rings. The van der Waals surface area contributed by atoms with Crippen LogP contribution in [0, 0.1) is 6.92 Å². The van der Waals surface area contributed by atoms with Crippen LogP contribution in [0.25, 0.3) is 0 Å². The molecule has 2 bridgehead atoms. The van der Waals surface area contributed by atoms with Crippen molar-refractivity contribution in [2.45, 2.75) is 63.6 Å². The van der Waals surface area contributed by atoms with Gasteiger partial charge in [0.05, 0.1) is 23.6 Å². The molecule has 2 aromatic heterocycles. The van der Waals surface area contributed by atoms with Crippen molar-refractivity contribution in [3.63, 3.8) is 0 Å². The van der Waals surface area contributed by atoms with Gasteiger partial charge in [-0.25, -0.2) is 4.98 Å². The average molecular weight is 516 g/mol. The van der Waals surface area contributed by atoms with Crippen LogP contribution < -0.4 is 10.6 Å². The van der Waals surface area contributed by atoms with E-state index in [2.05, 4.69) is 55.4 Å². The first kappa shape index (κ1) is 25.2. The highest BCUT2D eigenvalue weighted by molar-refractivity contribution is 6.32. The Morgan fingerprint density at radius 2 is 1.89 bits per heavy atom. The van der Waals surface area contributed by atoms with Crippen molar-refractivity contribution in [1.82, 2.24) is 34.4 Å². The molecule has 1 amide bonds. The standard InChI is InChI=1S/C25H38ClN9O/c1-17-22(16-35(31-17)20-13-18-5-6-19(14-20)33(18)3)29-25-28-15-21(26)24(30-25)27-8-4-9-34-12-11-32(2)10-7-23(34)36/h15-16,18-20H,4-14H2,1-3H3,(H2,27,28,29,30). The lowest BCUT2D eigenvalue weighted by Gasteiger charge is -2.36. The van der Waals surface area contributed by atoms with Gasteiger partial charge in [-0.15, -0.1) is 0 Å². The predicted molar refractivity (Wildman–Crippen MR) is 142 cm³/mol. The van der Waals surface area contributed by atoms with Crippen LogP contribution >= 0.6 is 11.6 Å². The maximum absolute atomic E-state index is 12.3. The molecule has 36 heavy (non-hydrogen) atoms. The molecule has 3 aliphatic rings. The largest absolute Gasteiger partial charge is 0.369 e. The molecule has 5 heterocycles. The van der Waals surface area contributed by atoms with Crippen LogP contribution in [-0.2, 0) is 4.79 Å². The van der Waals surface area contributed by atoms with Gasteiger partial charge in [0.25, 0.3) is 0 Å².